The first kappa shape index (κ1) is 13.3. The van der Waals surface area contributed by atoms with E-state index in [1.165, 1.54) is 37.1 Å². The van der Waals surface area contributed by atoms with Crippen molar-refractivity contribution in [2.24, 2.45) is 0 Å². The largest absolute Gasteiger partial charge is 0.320 e. The summed E-state index contributed by atoms with van der Waals surface area (Å²) in [5, 5.41) is 6.17. The van der Waals surface area contributed by atoms with Gasteiger partial charge in [0.25, 0.3) is 0 Å². The van der Waals surface area contributed by atoms with E-state index in [1.54, 1.807) is 11.3 Å². The summed E-state index contributed by atoms with van der Waals surface area (Å²) in [6.07, 6.45) is 5.33. The summed E-state index contributed by atoms with van der Waals surface area (Å²) in [5.74, 6) is 0. The maximum Gasteiger partial charge on any atom is 0.0516 e. The van der Waals surface area contributed by atoms with Crippen molar-refractivity contribution in [1.29, 1.82) is 0 Å². The van der Waals surface area contributed by atoms with Crippen molar-refractivity contribution in [2.75, 3.05) is 20.1 Å². The number of piperidine rings is 1. The average Bonchev–Trinajstić information content (AvgIpc) is 2.74. The Hall–Kier alpha value is -0.0900. The molecule has 0 aromatic carbocycles. The van der Waals surface area contributed by atoms with Gasteiger partial charge in [0.05, 0.1) is 5.02 Å². The summed E-state index contributed by atoms with van der Waals surface area (Å²) in [7, 11) is 2.03. The van der Waals surface area contributed by atoms with E-state index in [4.69, 9.17) is 11.6 Å². The number of nitrogens with one attached hydrogen (secondary N) is 1. The molecule has 1 N–H and O–H groups in total. The second kappa shape index (κ2) is 6.74. The van der Waals surface area contributed by atoms with Gasteiger partial charge < -0.3 is 5.32 Å². The third-order valence-corrected chi connectivity index (χ3v) is 4.73. The molecule has 2 rings (SSSR count). The summed E-state index contributed by atoms with van der Waals surface area (Å²) < 4.78 is 0. The first-order valence-corrected chi connectivity index (χ1v) is 7.67. The topological polar surface area (TPSA) is 15.3 Å². The zero-order chi connectivity index (χ0) is 12.1. The highest BCUT2D eigenvalue weighted by atomic mass is 35.5. The van der Waals surface area contributed by atoms with Gasteiger partial charge in [-0.25, -0.2) is 0 Å². The molecule has 96 valence electrons. The third kappa shape index (κ3) is 3.95. The van der Waals surface area contributed by atoms with E-state index >= 15 is 0 Å². The number of hydrogen-bond acceptors (Lipinski definition) is 3. The van der Waals surface area contributed by atoms with Gasteiger partial charge in [-0.1, -0.05) is 18.0 Å². The zero-order valence-corrected chi connectivity index (χ0v) is 12.0. The molecule has 1 atom stereocenters. The molecule has 0 radical (unpaired) electrons. The maximum atomic E-state index is 5.98. The van der Waals surface area contributed by atoms with Crippen LogP contribution >= 0.6 is 22.9 Å². The molecule has 1 aliphatic rings. The number of nitrogens with zero attached hydrogens (tertiary/aromatic N) is 1. The lowest BCUT2D eigenvalue weighted by Crippen LogP contribution is -2.40. The fourth-order valence-electron chi connectivity index (χ4n) is 2.54. The Morgan fingerprint density at radius 2 is 2.41 bits per heavy atom. The van der Waals surface area contributed by atoms with Gasteiger partial charge in [0.2, 0.25) is 0 Å². The molecule has 1 fully saturated rings. The number of thiophene rings is 1. The van der Waals surface area contributed by atoms with Crippen molar-refractivity contribution in [2.45, 2.75) is 38.3 Å². The monoisotopic (exact) mass is 272 g/mol. The van der Waals surface area contributed by atoms with Gasteiger partial charge in [-0.2, -0.15) is 0 Å². The van der Waals surface area contributed by atoms with Crippen LogP contribution in [0.5, 0.6) is 0 Å². The summed E-state index contributed by atoms with van der Waals surface area (Å²) in [6, 6.07) is 2.85. The smallest absolute Gasteiger partial charge is 0.0516 e. The van der Waals surface area contributed by atoms with Crippen LogP contribution in [0.3, 0.4) is 0 Å². The predicted molar refractivity (Wildman–Crippen MR) is 75.9 cm³/mol. The van der Waals surface area contributed by atoms with Crippen LogP contribution in [-0.4, -0.2) is 31.1 Å². The van der Waals surface area contributed by atoms with Crippen LogP contribution in [0.15, 0.2) is 11.4 Å². The van der Waals surface area contributed by atoms with E-state index in [9.17, 15) is 0 Å². The standard InChI is InChI=1S/C13H21ClN2S/c1-15-6-5-12-4-2-3-7-16(12)9-13-8-11(14)10-17-13/h8,10,12,15H,2-7,9H2,1H3. The molecule has 4 heteroatoms. The number of hydrogen-bond donors (Lipinski definition) is 1. The van der Waals surface area contributed by atoms with Gasteiger partial charge in [-0.3, -0.25) is 4.90 Å². The summed E-state index contributed by atoms with van der Waals surface area (Å²) in [5.41, 5.74) is 0. The molecule has 2 nitrogen and oxygen atoms in total. The Kier molecular flexibility index (Phi) is 5.29. The Morgan fingerprint density at radius 1 is 1.53 bits per heavy atom. The van der Waals surface area contributed by atoms with Crippen LogP contribution in [-0.2, 0) is 6.54 Å². The van der Waals surface area contributed by atoms with Crippen LogP contribution < -0.4 is 5.32 Å². The van der Waals surface area contributed by atoms with E-state index in [1.807, 2.05) is 12.4 Å². The lowest BCUT2D eigenvalue weighted by Gasteiger charge is -2.35. The lowest BCUT2D eigenvalue weighted by molar-refractivity contribution is 0.134. The van der Waals surface area contributed by atoms with Gasteiger partial charge in [-0.15, -0.1) is 11.3 Å². The van der Waals surface area contributed by atoms with E-state index in [0.717, 1.165) is 24.2 Å². The Labute approximate surface area is 113 Å². The number of halogens is 1. The number of likely N-dealkylation sites (tertiary alicyclic amines) is 1. The second-order valence-corrected chi connectivity index (χ2v) is 6.18. The molecule has 17 heavy (non-hydrogen) atoms. The summed E-state index contributed by atoms with van der Waals surface area (Å²) >= 11 is 7.76. The van der Waals surface area contributed by atoms with Crippen molar-refractivity contribution in [3.8, 4) is 0 Å². The molecular formula is C13H21ClN2S. The molecule has 1 unspecified atom stereocenters. The van der Waals surface area contributed by atoms with Crippen LogP contribution in [0.1, 0.15) is 30.6 Å². The third-order valence-electron chi connectivity index (χ3n) is 3.46. The molecule has 1 aliphatic heterocycles. The van der Waals surface area contributed by atoms with Gasteiger partial charge in [0.15, 0.2) is 0 Å². The van der Waals surface area contributed by atoms with E-state index in [2.05, 4.69) is 16.3 Å². The molecule has 0 spiro atoms. The van der Waals surface area contributed by atoms with E-state index < -0.39 is 0 Å². The minimum atomic E-state index is 0.747. The Morgan fingerprint density at radius 3 is 3.12 bits per heavy atom. The van der Waals surface area contributed by atoms with Gasteiger partial charge in [0, 0.05) is 22.8 Å². The zero-order valence-electron chi connectivity index (χ0n) is 10.4. The molecule has 0 aliphatic carbocycles. The van der Waals surface area contributed by atoms with Crippen molar-refractivity contribution >= 4 is 22.9 Å². The Balaban J connectivity index is 1.91. The van der Waals surface area contributed by atoms with Gasteiger partial charge >= 0.3 is 0 Å². The van der Waals surface area contributed by atoms with E-state index in [0.29, 0.717) is 0 Å². The summed E-state index contributed by atoms with van der Waals surface area (Å²) in [6.45, 7) is 3.43. The Bertz CT molecular complexity index is 340. The highest BCUT2D eigenvalue weighted by molar-refractivity contribution is 7.10. The van der Waals surface area contributed by atoms with Crippen LogP contribution in [0.4, 0.5) is 0 Å². The fraction of sp³-hybridized carbons (Fsp3) is 0.692. The second-order valence-electron chi connectivity index (χ2n) is 4.74. The normalized spacial score (nSPS) is 21.9. The molecule has 0 saturated carbocycles. The first-order chi connectivity index (χ1) is 8.29. The van der Waals surface area contributed by atoms with Crippen LogP contribution in [0.2, 0.25) is 5.02 Å². The lowest BCUT2D eigenvalue weighted by atomic mass is 9.99. The summed E-state index contributed by atoms with van der Waals surface area (Å²) in [4.78, 5) is 4.02. The fourth-order valence-corrected chi connectivity index (χ4v) is 3.64. The quantitative estimate of drug-likeness (QED) is 0.884. The average molecular weight is 273 g/mol. The molecule has 1 aromatic heterocycles. The molecule has 2 heterocycles. The minimum absolute atomic E-state index is 0.747. The van der Waals surface area contributed by atoms with E-state index in [-0.39, 0.29) is 0 Å². The van der Waals surface area contributed by atoms with Crippen molar-refractivity contribution < 1.29 is 0 Å². The predicted octanol–water partition coefficient (Wildman–Crippen LogP) is 3.37. The highest BCUT2D eigenvalue weighted by Gasteiger charge is 2.22. The van der Waals surface area contributed by atoms with Gasteiger partial charge in [-0.05, 0) is 45.5 Å². The van der Waals surface area contributed by atoms with Gasteiger partial charge in [0.1, 0.15) is 0 Å². The van der Waals surface area contributed by atoms with Crippen LogP contribution in [0, 0.1) is 0 Å². The molecular weight excluding hydrogens is 252 g/mol. The van der Waals surface area contributed by atoms with Crippen LogP contribution in [0.25, 0.3) is 0 Å². The first-order valence-electron chi connectivity index (χ1n) is 6.41. The minimum Gasteiger partial charge on any atom is -0.320 e. The highest BCUT2D eigenvalue weighted by Crippen LogP contribution is 2.25. The van der Waals surface area contributed by atoms with Crippen molar-refractivity contribution in [1.82, 2.24) is 10.2 Å². The number of rotatable bonds is 5. The van der Waals surface area contributed by atoms with Crippen molar-refractivity contribution in [3.63, 3.8) is 0 Å². The molecule has 1 saturated heterocycles. The molecule has 0 amide bonds. The van der Waals surface area contributed by atoms with Crippen molar-refractivity contribution in [3.05, 3.63) is 21.3 Å². The SMILES string of the molecule is CNCCC1CCCCN1Cc1cc(Cl)cs1. The molecule has 0 bridgehead atoms. The molecule has 1 aromatic rings. The maximum absolute atomic E-state index is 5.98.